The van der Waals surface area contributed by atoms with Crippen molar-refractivity contribution in [1.82, 2.24) is 9.78 Å². The molecule has 0 amide bonds. The molecule has 92 valence electrons. The maximum atomic E-state index is 12.8. The van der Waals surface area contributed by atoms with Gasteiger partial charge >= 0.3 is 6.18 Å². The van der Waals surface area contributed by atoms with Crippen LogP contribution >= 0.6 is 11.6 Å². The summed E-state index contributed by atoms with van der Waals surface area (Å²) in [5, 5.41) is 3.94. The fraction of sp³-hybridized carbons (Fsp3) is 0.667. The van der Waals surface area contributed by atoms with Gasteiger partial charge in [0.1, 0.15) is 0 Å². The second kappa shape index (κ2) is 4.63. The van der Waals surface area contributed by atoms with Crippen LogP contribution in [0.2, 0.25) is 5.02 Å². The van der Waals surface area contributed by atoms with Crippen molar-refractivity contribution in [3.63, 3.8) is 0 Å². The second-order valence-electron chi connectivity index (χ2n) is 3.58. The monoisotopic (exact) mass is 255 g/mol. The fourth-order valence-electron chi connectivity index (χ4n) is 1.65. The number of hydrogen-bond donors (Lipinski definition) is 1. The average molecular weight is 256 g/mol. The van der Waals surface area contributed by atoms with E-state index in [1.54, 1.807) is 6.92 Å². The SMILES string of the molecule is Cc1nn(C)c(C(CCN)C(F)(F)F)c1Cl. The molecule has 1 unspecified atom stereocenters. The molecule has 1 aromatic heterocycles. The maximum absolute atomic E-state index is 12.8. The fourth-order valence-corrected chi connectivity index (χ4v) is 1.94. The lowest BCUT2D eigenvalue weighted by Gasteiger charge is -2.20. The summed E-state index contributed by atoms with van der Waals surface area (Å²) in [5.74, 6) is -1.66. The van der Waals surface area contributed by atoms with Crippen molar-refractivity contribution in [3.8, 4) is 0 Å². The molecular formula is C9H13ClF3N3. The van der Waals surface area contributed by atoms with E-state index in [1.165, 1.54) is 11.7 Å². The molecule has 0 radical (unpaired) electrons. The summed E-state index contributed by atoms with van der Waals surface area (Å²) in [7, 11) is 1.45. The average Bonchev–Trinajstić information content (AvgIpc) is 2.37. The third kappa shape index (κ3) is 2.49. The van der Waals surface area contributed by atoms with Crippen LogP contribution in [-0.2, 0) is 7.05 Å². The second-order valence-corrected chi connectivity index (χ2v) is 3.96. The van der Waals surface area contributed by atoms with E-state index in [1.807, 2.05) is 0 Å². The van der Waals surface area contributed by atoms with Crippen molar-refractivity contribution in [1.29, 1.82) is 0 Å². The molecule has 16 heavy (non-hydrogen) atoms. The van der Waals surface area contributed by atoms with Gasteiger partial charge in [0.2, 0.25) is 0 Å². The molecule has 0 aliphatic rings. The Kier molecular flexibility index (Phi) is 3.85. The highest BCUT2D eigenvalue weighted by atomic mass is 35.5. The van der Waals surface area contributed by atoms with Crippen LogP contribution in [0, 0.1) is 6.92 Å². The van der Waals surface area contributed by atoms with E-state index in [2.05, 4.69) is 5.10 Å². The van der Waals surface area contributed by atoms with Gasteiger partial charge in [-0.2, -0.15) is 18.3 Å². The van der Waals surface area contributed by atoms with Gasteiger partial charge < -0.3 is 5.73 Å². The Morgan fingerprint density at radius 2 is 2.06 bits per heavy atom. The lowest BCUT2D eigenvalue weighted by molar-refractivity contribution is -0.152. The van der Waals surface area contributed by atoms with Crippen LogP contribution in [0.4, 0.5) is 13.2 Å². The molecule has 1 rings (SSSR count). The van der Waals surface area contributed by atoms with Crippen LogP contribution in [0.15, 0.2) is 0 Å². The molecule has 7 heteroatoms. The van der Waals surface area contributed by atoms with Crippen LogP contribution < -0.4 is 5.73 Å². The number of nitrogens with two attached hydrogens (primary N) is 1. The molecule has 3 nitrogen and oxygen atoms in total. The van der Waals surface area contributed by atoms with Crippen molar-refractivity contribution in [3.05, 3.63) is 16.4 Å². The maximum Gasteiger partial charge on any atom is 0.397 e. The zero-order valence-electron chi connectivity index (χ0n) is 8.98. The Morgan fingerprint density at radius 1 is 1.50 bits per heavy atom. The van der Waals surface area contributed by atoms with E-state index in [0.29, 0.717) is 5.69 Å². The van der Waals surface area contributed by atoms with Gasteiger partial charge in [-0.1, -0.05) is 11.6 Å². The van der Waals surface area contributed by atoms with E-state index in [0.717, 1.165) is 0 Å². The standard InChI is InChI=1S/C9H13ClF3N3/c1-5-7(10)8(16(2)15-5)6(3-4-14)9(11,12)13/h6H,3-4,14H2,1-2H3. The summed E-state index contributed by atoms with van der Waals surface area (Å²) < 4.78 is 39.6. The summed E-state index contributed by atoms with van der Waals surface area (Å²) in [6.07, 6.45) is -4.55. The van der Waals surface area contributed by atoms with Gasteiger partial charge in [0, 0.05) is 7.05 Å². The minimum absolute atomic E-state index is 0.0166. The molecule has 0 aromatic carbocycles. The molecule has 0 fully saturated rings. The number of aryl methyl sites for hydroxylation is 2. The third-order valence-corrected chi connectivity index (χ3v) is 2.84. The van der Waals surface area contributed by atoms with E-state index < -0.39 is 12.1 Å². The molecular weight excluding hydrogens is 243 g/mol. The van der Waals surface area contributed by atoms with Crippen LogP contribution in [0.3, 0.4) is 0 Å². The number of hydrogen-bond acceptors (Lipinski definition) is 2. The number of alkyl halides is 3. The summed E-state index contributed by atoms with van der Waals surface area (Å²) >= 11 is 5.83. The minimum atomic E-state index is -4.36. The Hall–Kier alpha value is -0.750. The molecule has 2 N–H and O–H groups in total. The minimum Gasteiger partial charge on any atom is -0.330 e. The zero-order valence-corrected chi connectivity index (χ0v) is 9.73. The number of aromatic nitrogens is 2. The van der Waals surface area contributed by atoms with E-state index in [9.17, 15) is 13.2 Å². The van der Waals surface area contributed by atoms with Crippen LogP contribution in [-0.4, -0.2) is 22.5 Å². The molecule has 0 bridgehead atoms. The first-order chi connectivity index (χ1) is 7.29. The smallest absolute Gasteiger partial charge is 0.330 e. The van der Waals surface area contributed by atoms with Gasteiger partial charge in [-0.25, -0.2) is 0 Å². The van der Waals surface area contributed by atoms with Gasteiger partial charge in [0.15, 0.2) is 0 Å². The normalized spacial score (nSPS) is 14.2. The first-order valence-electron chi connectivity index (χ1n) is 4.74. The lowest BCUT2D eigenvalue weighted by atomic mass is 10.0. The highest BCUT2D eigenvalue weighted by molar-refractivity contribution is 6.31. The molecule has 0 saturated heterocycles. The third-order valence-electron chi connectivity index (χ3n) is 2.37. The summed E-state index contributed by atoms with van der Waals surface area (Å²) in [6.45, 7) is 1.52. The number of nitrogens with zero attached hydrogens (tertiary/aromatic N) is 2. The van der Waals surface area contributed by atoms with Gasteiger partial charge in [-0.3, -0.25) is 4.68 Å². The molecule has 0 aliphatic carbocycles. The summed E-state index contributed by atoms with van der Waals surface area (Å²) in [5.41, 5.74) is 5.58. The zero-order chi connectivity index (χ0) is 12.5. The predicted molar refractivity (Wildman–Crippen MR) is 55.4 cm³/mol. The van der Waals surface area contributed by atoms with Crippen LogP contribution in [0.25, 0.3) is 0 Å². The van der Waals surface area contributed by atoms with Crippen LogP contribution in [0.5, 0.6) is 0 Å². The molecule has 0 saturated carbocycles. The van der Waals surface area contributed by atoms with Crippen molar-refractivity contribution in [2.45, 2.75) is 25.4 Å². The molecule has 0 aliphatic heterocycles. The van der Waals surface area contributed by atoms with Crippen molar-refractivity contribution in [2.75, 3.05) is 6.54 Å². The van der Waals surface area contributed by atoms with Crippen molar-refractivity contribution < 1.29 is 13.2 Å². The predicted octanol–water partition coefficient (Wildman–Crippen LogP) is 2.38. The lowest BCUT2D eigenvalue weighted by Crippen LogP contribution is -2.25. The topological polar surface area (TPSA) is 43.8 Å². The molecule has 1 atom stereocenters. The van der Waals surface area contributed by atoms with E-state index in [4.69, 9.17) is 17.3 Å². The van der Waals surface area contributed by atoms with Crippen molar-refractivity contribution >= 4 is 11.6 Å². The Morgan fingerprint density at radius 3 is 2.38 bits per heavy atom. The summed E-state index contributed by atoms with van der Waals surface area (Å²) in [6, 6.07) is 0. The van der Waals surface area contributed by atoms with Crippen LogP contribution in [0.1, 0.15) is 23.7 Å². The quantitative estimate of drug-likeness (QED) is 0.901. The Bertz CT molecular complexity index is 373. The highest BCUT2D eigenvalue weighted by Gasteiger charge is 2.43. The van der Waals surface area contributed by atoms with Gasteiger partial charge in [0.25, 0.3) is 0 Å². The highest BCUT2D eigenvalue weighted by Crippen LogP contribution is 2.40. The van der Waals surface area contributed by atoms with Gasteiger partial charge in [0.05, 0.1) is 22.3 Å². The Labute approximate surface area is 96.4 Å². The summed E-state index contributed by atoms with van der Waals surface area (Å²) in [4.78, 5) is 0. The number of halogens is 4. The van der Waals surface area contributed by atoms with Crippen molar-refractivity contribution in [2.24, 2.45) is 12.8 Å². The molecule has 1 heterocycles. The van der Waals surface area contributed by atoms with E-state index >= 15 is 0 Å². The van der Waals surface area contributed by atoms with E-state index in [-0.39, 0.29) is 23.7 Å². The number of rotatable bonds is 3. The van der Waals surface area contributed by atoms with Gasteiger partial charge in [-0.15, -0.1) is 0 Å². The molecule has 1 aromatic rings. The Balaban J connectivity index is 3.21. The first kappa shape index (κ1) is 13.3. The first-order valence-corrected chi connectivity index (χ1v) is 5.12. The van der Waals surface area contributed by atoms with Gasteiger partial charge in [-0.05, 0) is 19.9 Å². The largest absolute Gasteiger partial charge is 0.397 e. The molecule has 0 spiro atoms.